The number of rotatable bonds is 2. The smallest absolute Gasteiger partial charge is 0.475 e. The van der Waals surface area contributed by atoms with Crippen LogP contribution >= 0.6 is 0 Å². The van der Waals surface area contributed by atoms with Gasteiger partial charge in [0.15, 0.2) is 0 Å². The summed E-state index contributed by atoms with van der Waals surface area (Å²) in [5, 5.41) is 7.12. The molecule has 0 saturated carbocycles. The minimum Gasteiger partial charge on any atom is -0.475 e. The van der Waals surface area contributed by atoms with Gasteiger partial charge < -0.3 is 19.6 Å². The molecule has 0 bridgehead atoms. The summed E-state index contributed by atoms with van der Waals surface area (Å²) < 4.78 is 33.6. The van der Waals surface area contributed by atoms with E-state index in [0.717, 1.165) is 29.3 Å². The van der Waals surface area contributed by atoms with Gasteiger partial charge in [-0.05, 0) is 19.1 Å². The number of carbonyl (C=O) groups is 2. The molecule has 0 unspecified atom stereocenters. The van der Waals surface area contributed by atoms with E-state index >= 15 is 0 Å². The van der Waals surface area contributed by atoms with Gasteiger partial charge in [-0.2, -0.15) is 13.2 Å². The van der Waals surface area contributed by atoms with Crippen LogP contribution in [0, 0.1) is 6.92 Å². The van der Waals surface area contributed by atoms with Gasteiger partial charge >= 0.3 is 12.1 Å². The van der Waals surface area contributed by atoms with E-state index in [-0.39, 0.29) is 5.91 Å². The molecule has 3 aromatic heterocycles. The molecule has 0 aromatic carbocycles. The Kier molecular flexibility index (Phi) is 5.85. The Morgan fingerprint density at radius 3 is 2.57 bits per heavy atom. The Hall–Kier alpha value is -3.70. The molecule has 0 radical (unpaired) electrons. The topological polar surface area (TPSA) is 117 Å². The maximum absolute atomic E-state index is 12.6. The number of aromatic amines is 1. The number of aryl methyl sites for hydroxylation is 1. The van der Waals surface area contributed by atoms with Crippen LogP contribution in [0.5, 0.6) is 0 Å². The third-order valence-electron chi connectivity index (χ3n) is 4.25. The van der Waals surface area contributed by atoms with Gasteiger partial charge in [0, 0.05) is 25.4 Å². The second-order valence-electron chi connectivity index (χ2n) is 6.40. The van der Waals surface area contributed by atoms with E-state index in [2.05, 4.69) is 19.9 Å². The molecule has 0 atom stereocenters. The normalized spacial score (nSPS) is 13.3. The number of fused-ring (bicyclic) bond motifs is 1. The predicted molar refractivity (Wildman–Crippen MR) is 96.8 cm³/mol. The number of imidazole rings is 2. The molecular weight excluding hydrogens is 405 g/mol. The quantitative estimate of drug-likeness (QED) is 0.654. The molecule has 30 heavy (non-hydrogen) atoms. The van der Waals surface area contributed by atoms with Gasteiger partial charge in [-0.15, -0.1) is 0 Å². The van der Waals surface area contributed by atoms with E-state index in [1.807, 2.05) is 23.8 Å². The largest absolute Gasteiger partial charge is 0.490 e. The van der Waals surface area contributed by atoms with E-state index in [9.17, 15) is 18.0 Å². The van der Waals surface area contributed by atoms with E-state index in [0.29, 0.717) is 18.8 Å². The first kappa shape index (κ1) is 21.0. The van der Waals surface area contributed by atoms with Crippen LogP contribution in [0.3, 0.4) is 0 Å². The monoisotopic (exact) mass is 422 g/mol. The third-order valence-corrected chi connectivity index (χ3v) is 4.25. The second kappa shape index (κ2) is 8.35. The fraction of sp³-hybridized carbons (Fsp3) is 0.278. The number of carboxylic acids is 1. The van der Waals surface area contributed by atoms with Crippen molar-refractivity contribution in [2.24, 2.45) is 0 Å². The standard InChI is InChI=1S/C16H16N6O.C2HF3O2/c1-11-19-13-4-6-21(9-15(13)20-11)16(23)14-3-2-12(8-18-14)22-7-5-17-10-22;3-2(4,5)1(6)7/h2-3,5,7-8,10H,4,6,9H2,1H3,(H,19,20);(H,6,7). The number of amides is 1. The first-order chi connectivity index (χ1) is 14.1. The van der Waals surface area contributed by atoms with Crippen molar-refractivity contribution in [2.45, 2.75) is 26.1 Å². The zero-order valence-corrected chi connectivity index (χ0v) is 15.7. The van der Waals surface area contributed by atoms with E-state index in [1.165, 1.54) is 0 Å². The highest BCUT2D eigenvalue weighted by molar-refractivity contribution is 5.92. The van der Waals surface area contributed by atoms with Crippen LogP contribution in [0.4, 0.5) is 13.2 Å². The lowest BCUT2D eigenvalue weighted by Gasteiger charge is -2.25. The van der Waals surface area contributed by atoms with Gasteiger partial charge in [-0.3, -0.25) is 4.79 Å². The highest BCUT2D eigenvalue weighted by Crippen LogP contribution is 2.18. The summed E-state index contributed by atoms with van der Waals surface area (Å²) in [5.74, 6) is -1.92. The summed E-state index contributed by atoms with van der Waals surface area (Å²) in [6.07, 6.45) is 2.62. The lowest BCUT2D eigenvalue weighted by Crippen LogP contribution is -2.36. The molecule has 12 heteroatoms. The molecule has 0 aliphatic carbocycles. The number of H-pyrrole nitrogens is 1. The van der Waals surface area contributed by atoms with Gasteiger partial charge in [-0.1, -0.05) is 0 Å². The lowest BCUT2D eigenvalue weighted by molar-refractivity contribution is -0.192. The van der Waals surface area contributed by atoms with Gasteiger partial charge in [0.2, 0.25) is 0 Å². The predicted octanol–water partition coefficient (Wildman–Crippen LogP) is 2.13. The minimum absolute atomic E-state index is 0.0555. The zero-order valence-electron chi connectivity index (χ0n) is 15.7. The van der Waals surface area contributed by atoms with Gasteiger partial charge in [0.25, 0.3) is 5.91 Å². The van der Waals surface area contributed by atoms with E-state index in [1.54, 1.807) is 29.7 Å². The summed E-state index contributed by atoms with van der Waals surface area (Å²) >= 11 is 0. The molecule has 1 amide bonds. The Bertz CT molecular complexity index is 1030. The summed E-state index contributed by atoms with van der Waals surface area (Å²) in [5.41, 5.74) is 3.42. The van der Waals surface area contributed by atoms with Gasteiger partial charge in [0.1, 0.15) is 11.5 Å². The minimum atomic E-state index is -5.08. The Balaban J connectivity index is 0.000000318. The number of nitrogens with one attached hydrogen (secondary N) is 1. The van der Waals surface area contributed by atoms with Crippen LogP contribution in [-0.4, -0.2) is 59.1 Å². The molecule has 4 rings (SSSR count). The van der Waals surface area contributed by atoms with Gasteiger partial charge in [0.05, 0.1) is 36.1 Å². The van der Waals surface area contributed by atoms with Crippen molar-refractivity contribution in [3.63, 3.8) is 0 Å². The van der Waals surface area contributed by atoms with Crippen molar-refractivity contribution in [3.05, 3.63) is 60.0 Å². The van der Waals surface area contributed by atoms with Crippen LogP contribution in [0.1, 0.15) is 27.7 Å². The molecule has 0 spiro atoms. The molecule has 0 fully saturated rings. The Labute approximate surface area is 168 Å². The van der Waals surface area contributed by atoms with Crippen molar-refractivity contribution >= 4 is 11.9 Å². The summed E-state index contributed by atoms with van der Waals surface area (Å²) in [6.45, 7) is 3.15. The molecule has 158 valence electrons. The number of carbonyl (C=O) groups excluding carboxylic acids is 1. The highest BCUT2D eigenvalue weighted by Gasteiger charge is 2.38. The first-order valence-electron chi connectivity index (χ1n) is 8.73. The number of nitrogens with zero attached hydrogens (tertiary/aromatic N) is 5. The number of carboxylic acid groups (broad SMARTS) is 1. The van der Waals surface area contributed by atoms with Gasteiger partial charge in [-0.25, -0.2) is 19.7 Å². The molecule has 1 aliphatic rings. The Morgan fingerprint density at radius 2 is 2.00 bits per heavy atom. The third kappa shape index (κ3) is 4.82. The summed E-state index contributed by atoms with van der Waals surface area (Å²) in [6, 6.07) is 3.63. The number of pyridine rings is 1. The molecule has 0 saturated heterocycles. The Morgan fingerprint density at radius 1 is 1.27 bits per heavy atom. The number of hydrogen-bond acceptors (Lipinski definition) is 5. The fourth-order valence-electron chi connectivity index (χ4n) is 2.85. The first-order valence-corrected chi connectivity index (χ1v) is 8.73. The van der Waals surface area contributed by atoms with Crippen LogP contribution in [0.25, 0.3) is 5.69 Å². The van der Waals surface area contributed by atoms with Crippen molar-refractivity contribution in [3.8, 4) is 5.69 Å². The maximum atomic E-state index is 12.6. The SMILES string of the molecule is Cc1nc2c([nH]1)CN(C(=O)c1ccc(-n3ccnc3)cn1)CC2.O=C(O)C(F)(F)F. The fourth-order valence-corrected chi connectivity index (χ4v) is 2.85. The molecule has 4 heterocycles. The average molecular weight is 422 g/mol. The highest BCUT2D eigenvalue weighted by atomic mass is 19.4. The van der Waals surface area contributed by atoms with Crippen LogP contribution in [-0.2, 0) is 17.8 Å². The molecule has 3 aromatic rings. The molecule has 1 aliphatic heterocycles. The maximum Gasteiger partial charge on any atom is 0.490 e. The number of aliphatic carboxylic acids is 1. The lowest BCUT2D eigenvalue weighted by atomic mass is 10.1. The molecule has 2 N–H and O–H groups in total. The van der Waals surface area contributed by atoms with E-state index < -0.39 is 12.1 Å². The second-order valence-corrected chi connectivity index (χ2v) is 6.40. The van der Waals surface area contributed by atoms with Crippen molar-refractivity contribution in [1.29, 1.82) is 0 Å². The summed E-state index contributed by atoms with van der Waals surface area (Å²) in [4.78, 5) is 39.3. The van der Waals surface area contributed by atoms with Crippen LogP contribution in [0.15, 0.2) is 37.1 Å². The molecular formula is C18H17F3N6O3. The van der Waals surface area contributed by atoms with Crippen LogP contribution < -0.4 is 0 Å². The summed E-state index contributed by atoms with van der Waals surface area (Å²) in [7, 11) is 0. The molecule has 9 nitrogen and oxygen atoms in total. The number of aromatic nitrogens is 5. The number of hydrogen-bond donors (Lipinski definition) is 2. The number of halogens is 3. The average Bonchev–Trinajstić information content (AvgIpc) is 3.35. The van der Waals surface area contributed by atoms with Crippen molar-refractivity contribution < 1.29 is 27.9 Å². The van der Waals surface area contributed by atoms with Crippen LogP contribution in [0.2, 0.25) is 0 Å². The van der Waals surface area contributed by atoms with Crippen molar-refractivity contribution in [2.75, 3.05) is 6.54 Å². The van der Waals surface area contributed by atoms with E-state index in [4.69, 9.17) is 9.90 Å². The number of alkyl halides is 3. The van der Waals surface area contributed by atoms with Crippen molar-refractivity contribution in [1.82, 2.24) is 29.4 Å². The zero-order chi connectivity index (χ0) is 21.9.